The number of carbonyl (C=O) groups excluding carboxylic acids is 4. The lowest BCUT2D eigenvalue weighted by Gasteiger charge is -2.42. The van der Waals surface area contributed by atoms with Crippen LogP contribution in [0.4, 0.5) is 15.8 Å². The number of aromatic hydroxyl groups is 1. The Kier molecular flexibility index (Phi) is 5.46. The van der Waals surface area contributed by atoms with E-state index >= 15 is 0 Å². The summed E-state index contributed by atoms with van der Waals surface area (Å²) in [6.07, 6.45) is 3.26. The van der Waals surface area contributed by atoms with Crippen LogP contribution in [0.5, 0.6) is 5.75 Å². The molecule has 1 heterocycles. The maximum atomic E-state index is 14.5. The summed E-state index contributed by atoms with van der Waals surface area (Å²) in [5, 5.41) is 21.1. The first-order valence-electron chi connectivity index (χ1n) is 12.4. The van der Waals surface area contributed by atoms with Gasteiger partial charge in [0.2, 0.25) is 11.8 Å². The van der Waals surface area contributed by atoms with E-state index in [1.807, 2.05) is 0 Å². The molecule has 4 atom stereocenters. The smallest absolute Gasteiger partial charge is 0.271 e. The quantitative estimate of drug-likeness (QED) is 0.209. The number of nitro groups is 1. The van der Waals surface area contributed by atoms with Crippen LogP contribution in [-0.4, -0.2) is 33.4 Å². The summed E-state index contributed by atoms with van der Waals surface area (Å²) in [5.41, 5.74) is 1.50. The first-order chi connectivity index (χ1) is 18.6. The van der Waals surface area contributed by atoms with Crippen LogP contribution in [0.25, 0.3) is 0 Å². The normalized spacial score (nSPS) is 26.2. The monoisotopic (exact) mass is 528 g/mol. The van der Waals surface area contributed by atoms with Crippen molar-refractivity contribution in [2.45, 2.75) is 25.7 Å². The van der Waals surface area contributed by atoms with Gasteiger partial charge in [-0.15, -0.1) is 0 Å². The van der Waals surface area contributed by atoms with Crippen LogP contribution in [0.15, 0.2) is 76.9 Å². The Morgan fingerprint density at radius 2 is 1.82 bits per heavy atom. The molecule has 1 fully saturated rings. The zero-order chi connectivity index (χ0) is 27.7. The molecule has 196 valence electrons. The molecule has 4 unspecified atom stereocenters. The summed E-state index contributed by atoms with van der Waals surface area (Å²) in [7, 11) is 0. The molecule has 6 rings (SSSR count). The lowest BCUT2D eigenvalue weighted by molar-refractivity contribution is -0.384. The topological polar surface area (TPSA) is 135 Å². The molecule has 4 aliphatic rings. The number of phenols is 1. The molecule has 1 saturated heterocycles. The van der Waals surface area contributed by atoms with Gasteiger partial charge in [-0.3, -0.25) is 29.3 Å². The molecule has 9 nitrogen and oxygen atoms in total. The number of anilines is 1. The molecule has 1 N–H and O–H groups in total. The fourth-order valence-electron chi connectivity index (χ4n) is 6.44. The van der Waals surface area contributed by atoms with Gasteiger partial charge in [-0.1, -0.05) is 23.8 Å². The van der Waals surface area contributed by atoms with Crippen molar-refractivity contribution in [1.29, 1.82) is 0 Å². The second kappa shape index (κ2) is 8.65. The maximum absolute atomic E-state index is 14.5. The minimum absolute atomic E-state index is 0.0511. The number of allylic oxidation sites excluding steroid dienone is 6. The van der Waals surface area contributed by atoms with Crippen LogP contribution in [0.1, 0.15) is 31.2 Å². The molecule has 0 radical (unpaired) electrons. The summed E-state index contributed by atoms with van der Waals surface area (Å²) in [4.78, 5) is 65.4. The first kappa shape index (κ1) is 24.6. The fraction of sp³-hybridized carbons (Fsp3) is 0.241. The van der Waals surface area contributed by atoms with Gasteiger partial charge >= 0.3 is 0 Å². The highest BCUT2D eigenvalue weighted by Crippen LogP contribution is 2.55. The molecule has 2 amide bonds. The van der Waals surface area contributed by atoms with Gasteiger partial charge in [0.1, 0.15) is 0 Å². The molecule has 0 spiro atoms. The molecule has 0 saturated carbocycles. The van der Waals surface area contributed by atoms with E-state index in [9.17, 15) is 38.8 Å². The summed E-state index contributed by atoms with van der Waals surface area (Å²) in [6.45, 7) is 1.53. The standard InChI is InChI=1S/C29H21FN2O7/c1-13-9-23(34)20-12-19-17(24(26(20)27(13)35)14-5-8-22(33)21(30)10-14)6-7-18-25(19)29(37)31(28(18)36)15-3-2-4-16(11-15)32(38)39/h2-6,8-11,18-19,24-25,33H,7,12H2,1H3. The average molecular weight is 528 g/mol. The number of nitrogens with zero attached hydrogens (tertiary/aromatic N) is 2. The van der Waals surface area contributed by atoms with E-state index in [0.717, 1.165) is 11.0 Å². The molecule has 1 aliphatic heterocycles. The number of non-ortho nitro benzene ring substituents is 1. The largest absolute Gasteiger partial charge is 0.505 e. The Morgan fingerprint density at radius 3 is 2.54 bits per heavy atom. The van der Waals surface area contributed by atoms with Gasteiger partial charge in [0.15, 0.2) is 23.1 Å². The van der Waals surface area contributed by atoms with E-state index in [2.05, 4.69) is 0 Å². The van der Waals surface area contributed by atoms with Gasteiger partial charge in [0.05, 0.1) is 22.4 Å². The van der Waals surface area contributed by atoms with Gasteiger partial charge < -0.3 is 5.11 Å². The van der Waals surface area contributed by atoms with Gasteiger partial charge in [-0.2, -0.15) is 0 Å². The Balaban J connectivity index is 1.48. The molecular formula is C29H21FN2O7. The number of halogens is 1. The third kappa shape index (κ3) is 3.58. The number of imide groups is 1. The summed E-state index contributed by atoms with van der Waals surface area (Å²) in [5.74, 6) is -6.31. The highest BCUT2D eigenvalue weighted by atomic mass is 19.1. The number of rotatable bonds is 3. The number of hydrogen-bond donors (Lipinski definition) is 1. The minimum Gasteiger partial charge on any atom is -0.505 e. The van der Waals surface area contributed by atoms with Gasteiger partial charge in [-0.25, -0.2) is 9.29 Å². The van der Waals surface area contributed by atoms with Crippen molar-refractivity contribution in [3.63, 3.8) is 0 Å². The molecule has 39 heavy (non-hydrogen) atoms. The second-order valence-electron chi connectivity index (χ2n) is 10.2. The number of nitro benzene ring substituents is 1. The van der Waals surface area contributed by atoms with Crippen molar-refractivity contribution in [2.24, 2.45) is 17.8 Å². The number of carbonyl (C=O) groups is 4. The van der Waals surface area contributed by atoms with Crippen LogP contribution in [0, 0.1) is 33.7 Å². The number of benzene rings is 2. The fourth-order valence-corrected chi connectivity index (χ4v) is 6.44. The number of phenolic OH excluding ortho intramolecular Hbond substituents is 1. The maximum Gasteiger partial charge on any atom is 0.271 e. The molecule has 10 heteroatoms. The highest BCUT2D eigenvalue weighted by molar-refractivity contribution is 6.25. The first-order valence-corrected chi connectivity index (χ1v) is 12.4. The van der Waals surface area contributed by atoms with Gasteiger partial charge in [-0.05, 0) is 55.5 Å². The summed E-state index contributed by atoms with van der Waals surface area (Å²) >= 11 is 0. The Morgan fingerprint density at radius 1 is 1.05 bits per heavy atom. The zero-order valence-corrected chi connectivity index (χ0v) is 20.6. The third-order valence-electron chi connectivity index (χ3n) is 8.17. The number of ketones is 2. The zero-order valence-electron chi connectivity index (χ0n) is 20.6. The number of hydrogen-bond acceptors (Lipinski definition) is 7. The van der Waals surface area contributed by atoms with E-state index in [1.54, 1.807) is 6.08 Å². The van der Waals surface area contributed by atoms with Crippen molar-refractivity contribution < 1.29 is 33.6 Å². The van der Waals surface area contributed by atoms with Crippen LogP contribution in [0.3, 0.4) is 0 Å². The van der Waals surface area contributed by atoms with Crippen molar-refractivity contribution in [2.75, 3.05) is 4.90 Å². The van der Waals surface area contributed by atoms with Crippen molar-refractivity contribution in [3.05, 3.63) is 98.4 Å². The van der Waals surface area contributed by atoms with Crippen molar-refractivity contribution in [3.8, 4) is 5.75 Å². The molecule has 3 aliphatic carbocycles. The summed E-state index contributed by atoms with van der Waals surface area (Å²) < 4.78 is 14.5. The Labute approximate surface area is 221 Å². The second-order valence-corrected chi connectivity index (χ2v) is 10.2. The van der Waals surface area contributed by atoms with E-state index in [-0.39, 0.29) is 52.5 Å². The van der Waals surface area contributed by atoms with E-state index in [0.29, 0.717) is 11.1 Å². The van der Waals surface area contributed by atoms with Crippen LogP contribution >= 0.6 is 0 Å². The van der Waals surface area contributed by atoms with Crippen LogP contribution < -0.4 is 4.90 Å². The number of fused-ring (bicyclic) bond motifs is 3. The molecule has 2 aromatic carbocycles. The van der Waals surface area contributed by atoms with Crippen LogP contribution in [0.2, 0.25) is 0 Å². The lowest BCUT2D eigenvalue weighted by atomic mass is 9.59. The third-order valence-corrected chi connectivity index (χ3v) is 8.17. The van der Waals surface area contributed by atoms with E-state index in [1.165, 1.54) is 49.4 Å². The molecule has 0 aromatic heterocycles. The van der Waals surface area contributed by atoms with Crippen molar-refractivity contribution in [1.82, 2.24) is 0 Å². The van der Waals surface area contributed by atoms with E-state index in [4.69, 9.17) is 0 Å². The highest BCUT2D eigenvalue weighted by Gasteiger charge is 2.56. The average Bonchev–Trinajstić information content (AvgIpc) is 3.17. The van der Waals surface area contributed by atoms with Crippen LogP contribution in [-0.2, 0) is 19.2 Å². The molecule has 0 bridgehead atoms. The Hall–Kier alpha value is -4.73. The van der Waals surface area contributed by atoms with Crippen molar-refractivity contribution >= 4 is 34.8 Å². The predicted octanol–water partition coefficient (Wildman–Crippen LogP) is 4.07. The summed E-state index contributed by atoms with van der Waals surface area (Å²) in [6, 6.07) is 9.05. The molecular weight excluding hydrogens is 507 g/mol. The Bertz CT molecular complexity index is 1640. The number of Topliss-reactive ketones (excluding diaryl/α,β-unsaturated/α-hetero) is 1. The predicted molar refractivity (Wildman–Crippen MR) is 135 cm³/mol. The molecule has 2 aromatic rings. The van der Waals surface area contributed by atoms with E-state index < -0.39 is 52.0 Å². The lowest BCUT2D eigenvalue weighted by Crippen LogP contribution is -2.39. The minimum atomic E-state index is -0.892. The SMILES string of the molecule is CC1=CC(=O)C2=C(C1=O)C(c1ccc(O)c(F)c1)C1=CCC3C(=O)N(c4cccc([N+](=O)[O-])c4)C(=O)C3C1C2. The van der Waals surface area contributed by atoms with Gasteiger partial charge in [0, 0.05) is 34.8 Å². The van der Waals surface area contributed by atoms with Gasteiger partial charge in [0.25, 0.3) is 5.69 Å². The number of amides is 2.